The van der Waals surface area contributed by atoms with E-state index >= 15 is 0 Å². The number of fused-ring (bicyclic) bond motifs is 1. The molecule has 0 spiro atoms. The minimum Gasteiger partial charge on any atom is -0.493 e. The number of benzene rings is 2. The van der Waals surface area contributed by atoms with Gasteiger partial charge in [-0.1, -0.05) is 43.0 Å². The van der Waals surface area contributed by atoms with E-state index in [-0.39, 0.29) is 27.8 Å². The lowest BCUT2D eigenvalue weighted by Crippen LogP contribution is -2.41. The summed E-state index contributed by atoms with van der Waals surface area (Å²) < 4.78 is 39.9. The number of nitrogens with zero attached hydrogens (tertiary/aromatic N) is 3. The van der Waals surface area contributed by atoms with Crippen LogP contribution in [0.1, 0.15) is 12.5 Å². The predicted molar refractivity (Wildman–Crippen MR) is 130 cm³/mol. The summed E-state index contributed by atoms with van der Waals surface area (Å²) in [6, 6.07) is 12.3. The van der Waals surface area contributed by atoms with Crippen molar-refractivity contribution in [2.24, 2.45) is 9.39 Å². The topological polar surface area (TPSA) is 121 Å². The van der Waals surface area contributed by atoms with E-state index in [0.29, 0.717) is 15.9 Å². The van der Waals surface area contributed by atoms with Crippen molar-refractivity contribution in [2.45, 2.75) is 11.8 Å². The Morgan fingerprint density at radius 2 is 1.94 bits per heavy atom. The van der Waals surface area contributed by atoms with Gasteiger partial charge < -0.3 is 8.92 Å². The second kappa shape index (κ2) is 9.41. The number of hydrogen-bond acceptors (Lipinski definition) is 9. The lowest BCUT2D eigenvalue weighted by molar-refractivity contribution is -0.114. The van der Waals surface area contributed by atoms with Gasteiger partial charge in [0.05, 0.1) is 24.6 Å². The normalized spacial score (nSPS) is 17.0. The van der Waals surface area contributed by atoms with Crippen LogP contribution in [0.2, 0.25) is 0 Å². The summed E-state index contributed by atoms with van der Waals surface area (Å²) in [6.45, 7) is 1.97. The number of ether oxygens (including phenoxy) is 1. The fourth-order valence-corrected chi connectivity index (χ4v) is 5.52. The first kappa shape index (κ1) is 23.1. The number of thioether (sulfide) groups is 1. The number of carbonyl (C=O) groups is 1. The third kappa shape index (κ3) is 4.68. The zero-order chi connectivity index (χ0) is 23.6. The van der Waals surface area contributed by atoms with Crippen LogP contribution in [0.4, 0.5) is 0 Å². The largest absolute Gasteiger partial charge is 0.493 e. The van der Waals surface area contributed by atoms with Gasteiger partial charge in [-0.25, -0.2) is 4.90 Å². The first-order valence-corrected chi connectivity index (χ1v) is 12.8. The highest BCUT2D eigenvalue weighted by atomic mass is 32.2. The third-order valence-electron chi connectivity index (χ3n) is 4.50. The predicted octanol–water partition coefficient (Wildman–Crippen LogP) is 3.79. The maximum atomic E-state index is 12.6. The van der Waals surface area contributed by atoms with Crippen LogP contribution in [0.3, 0.4) is 0 Å². The Labute approximate surface area is 199 Å². The number of carbonyl (C=O) groups excluding carboxylic acids is 1. The van der Waals surface area contributed by atoms with Crippen molar-refractivity contribution in [3.05, 3.63) is 59.7 Å². The number of amidine groups is 3. The summed E-state index contributed by atoms with van der Waals surface area (Å²) in [5.74, 6) is 0.332. The van der Waals surface area contributed by atoms with Gasteiger partial charge in [0.25, 0.3) is 5.91 Å². The van der Waals surface area contributed by atoms with Gasteiger partial charge in [0.1, 0.15) is 10.7 Å². The van der Waals surface area contributed by atoms with Crippen molar-refractivity contribution >= 4 is 62.0 Å². The Balaban J connectivity index is 1.64. The molecule has 1 N–H and O–H groups in total. The molecule has 0 aromatic heterocycles. The molecule has 2 aliphatic rings. The summed E-state index contributed by atoms with van der Waals surface area (Å²) in [5.41, 5.74) is 0.592. The molecule has 0 unspecified atom stereocenters. The monoisotopic (exact) mass is 502 g/mol. The Bertz CT molecular complexity index is 1320. The summed E-state index contributed by atoms with van der Waals surface area (Å²) >= 11 is 2.51. The molecule has 4 rings (SSSR count). The van der Waals surface area contributed by atoms with Crippen LogP contribution < -0.4 is 8.92 Å². The number of hydrogen-bond donors (Lipinski definition) is 1. The molecule has 2 aliphatic heterocycles. The first-order valence-electron chi connectivity index (χ1n) is 9.63. The summed E-state index contributed by atoms with van der Waals surface area (Å²) in [6.07, 6.45) is 1.50. The van der Waals surface area contributed by atoms with Gasteiger partial charge in [0, 0.05) is 0 Å². The van der Waals surface area contributed by atoms with E-state index in [2.05, 4.69) is 9.39 Å². The quantitative estimate of drug-likeness (QED) is 0.360. The van der Waals surface area contributed by atoms with Gasteiger partial charge in [-0.2, -0.15) is 17.8 Å². The van der Waals surface area contributed by atoms with Gasteiger partial charge in [0.2, 0.25) is 5.17 Å². The Morgan fingerprint density at radius 1 is 1.18 bits per heavy atom. The van der Waals surface area contributed by atoms with Crippen LogP contribution in [0.5, 0.6) is 11.5 Å². The molecule has 2 aromatic carbocycles. The zero-order valence-electron chi connectivity index (χ0n) is 17.5. The molecule has 0 bridgehead atoms. The highest BCUT2D eigenvalue weighted by Gasteiger charge is 2.37. The number of aliphatic imine (C=N–C) groups is 1. The van der Waals surface area contributed by atoms with Crippen LogP contribution in [-0.2, 0) is 14.9 Å². The summed E-state index contributed by atoms with van der Waals surface area (Å²) in [5, 5.41) is 9.48. The van der Waals surface area contributed by atoms with E-state index in [1.54, 1.807) is 24.3 Å². The van der Waals surface area contributed by atoms with Crippen molar-refractivity contribution in [2.75, 3.05) is 12.9 Å². The SMILES string of the molecule is CCSC1=NSC2=NC(=O)/C(=C\c3ccc(OS(=O)(=O)c4ccccc4)c(OC)c3)C(=N)N12. The lowest BCUT2D eigenvalue weighted by Gasteiger charge is -2.24. The molecule has 0 saturated carbocycles. The molecular formula is C21H18N4O5S3. The molecule has 2 aromatic rings. The first-order chi connectivity index (χ1) is 15.8. The molecule has 33 heavy (non-hydrogen) atoms. The summed E-state index contributed by atoms with van der Waals surface area (Å²) in [7, 11) is -2.67. The Morgan fingerprint density at radius 3 is 2.64 bits per heavy atom. The number of methoxy groups -OCH3 is 1. The van der Waals surface area contributed by atoms with Gasteiger partial charge in [-0.05, 0) is 41.7 Å². The molecule has 0 saturated heterocycles. The van der Waals surface area contributed by atoms with Crippen LogP contribution >= 0.6 is 23.7 Å². The Hall–Kier alpha value is -3.09. The van der Waals surface area contributed by atoms with E-state index in [4.69, 9.17) is 14.3 Å². The Kier molecular flexibility index (Phi) is 6.58. The molecular weight excluding hydrogens is 484 g/mol. The average molecular weight is 503 g/mol. The maximum absolute atomic E-state index is 12.6. The average Bonchev–Trinajstić information content (AvgIpc) is 3.20. The van der Waals surface area contributed by atoms with Crippen LogP contribution in [0.15, 0.2) is 68.4 Å². The minimum absolute atomic E-state index is 0.00133. The zero-order valence-corrected chi connectivity index (χ0v) is 20.0. The van der Waals surface area contributed by atoms with Gasteiger partial charge in [-0.3, -0.25) is 10.2 Å². The molecule has 1 amide bonds. The molecule has 9 nitrogen and oxygen atoms in total. The lowest BCUT2D eigenvalue weighted by atomic mass is 10.1. The van der Waals surface area contributed by atoms with Crippen LogP contribution in [0, 0.1) is 5.41 Å². The fraction of sp³-hybridized carbons (Fsp3) is 0.143. The van der Waals surface area contributed by atoms with Crippen molar-refractivity contribution in [1.29, 1.82) is 5.41 Å². The van der Waals surface area contributed by atoms with E-state index in [9.17, 15) is 13.2 Å². The van der Waals surface area contributed by atoms with Crippen molar-refractivity contribution in [3.63, 3.8) is 0 Å². The highest BCUT2D eigenvalue weighted by Crippen LogP contribution is 2.34. The molecule has 2 heterocycles. The molecule has 0 aliphatic carbocycles. The van der Waals surface area contributed by atoms with Crippen molar-refractivity contribution in [1.82, 2.24) is 4.90 Å². The number of rotatable bonds is 6. The highest BCUT2D eigenvalue weighted by molar-refractivity contribution is 8.19. The van der Waals surface area contributed by atoms with Crippen LogP contribution in [0.25, 0.3) is 6.08 Å². The van der Waals surface area contributed by atoms with E-state index in [1.807, 2.05) is 6.92 Å². The minimum atomic E-state index is -4.05. The molecule has 0 radical (unpaired) electrons. The molecule has 12 heteroatoms. The van der Waals surface area contributed by atoms with Gasteiger partial charge in [-0.15, -0.1) is 0 Å². The van der Waals surface area contributed by atoms with E-state index in [1.165, 1.54) is 54.1 Å². The smallest absolute Gasteiger partial charge is 0.339 e. The fourth-order valence-electron chi connectivity index (χ4n) is 2.99. The third-order valence-corrected chi connectivity index (χ3v) is 7.38. The van der Waals surface area contributed by atoms with Crippen molar-refractivity contribution in [3.8, 4) is 11.5 Å². The standard InChI is InChI=1S/C21H18N4O5S3/c1-3-31-21-24-32-20-23-19(26)15(18(22)25(20)21)11-13-9-10-16(17(12-13)29-2)30-33(27,28)14-7-5-4-6-8-14/h4-12,22H,3H2,1-2H3/b15-11-,22-18?. The molecule has 0 fully saturated rings. The van der Waals surface area contributed by atoms with Gasteiger partial charge in [0.15, 0.2) is 16.7 Å². The van der Waals surface area contributed by atoms with Crippen LogP contribution in [-0.4, -0.2) is 48.3 Å². The maximum Gasteiger partial charge on any atom is 0.339 e. The van der Waals surface area contributed by atoms with E-state index < -0.39 is 16.0 Å². The molecule has 170 valence electrons. The van der Waals surface area contributed by atoms with E-state index in [0.717, 1.165) is 17.7 Å². The van der Waals surface area contributed by atoms with Gasteiger partial charge >= 0.3 is 10.1 Å². The number of nitrogens with one attached hydrogen (secondary N) is 1. The number of amides is 1. The molecule has 0 atom stereocenters. The van der Waals surface area contributed by atoms with Crippen molar-refractivity contribution < 1.29 is 22.1 Å². The summed E-state index contributed by atoms with van der Waals surface area (Å²) in [4.78, 5) is 18.1. The second-order valence-corrected chi connectivity index (χ2v) is 10.1. The second-order valence-electron chi connectivity index (χ2n) is 6.60.